The Morgan fingerprint density at radius 2 is 1.76 bits per heavy atom. The van der Waals surface area contributed by atoms with Gasteiger partial charge in [-0.2, -0.15) is 5.10 Å². The molecular weight excluding hydrogens is 366 g/mol. The molecule has 3 rings (SSSR count). The number of carbonyl (C=O) groups is 2. The Bertz CT molecular complexity index is 1040. The number of hydrogen-bond acceptors (Lipinski definition) is 3. The average Bonchev–Trinajstić information content (AvgIpc) is 2.99. The van der Waals surface area contributed by atoms with Crippen molar-refractivity contribution < 1.29 is 9.59 Å². The maximum Gasteiger partial charge on any atom is 0.319 e. The van der Waals surface area contributed by atoms with Crippen LogP contribution < -0.4 is 16.0 Å². The van der Waals surface area contributed by atoms with Gasteiger partial charge in [-0.05, 0) is 56.7 Å². The third kappa shape index (κ3) is 5.01. The minimum absolute atomic E-state index is 0.138. The SMILES string of the molecule is CC(=O)Nc1cccc(C(C)NC(=O)Nc2ccccc2-n2nc(C)cc2C)c1. The molecule has 3 N–H and O–H groups in total. The fourth-order valence-corrected chi connectivity index (χ4v) is 3.16. The molecule has 1 atom stereocenters. The van der Waals surface area contributed by atoms with Crippen LogP contribution in [0.3, 0.4) is 0 Å². The molecule has 1 heterocycles. The van der Waals surface area contributed by atoms with Crippen LogP contribution in [0.15, 0.2) is 54.6 Å². The molecule has 7 nitrogen and oxygen atoms in total. The lowest BCUT2D eigenvalue weighted by molar-refractivity contribution is -0.114. The van der Waals surface area contributed by atoms with E-state index in [0.717, 1.165) is 22.6 Å². The normalized spacial score (nSPS) is 11.6. The zero-order chi connectivity index (χ0) is 21.0. The van der Waals surface area contributed by atoms with Gasteiger partial charge in [0.05, 0.1) is 23.1 Å². The van der Waals surface area contributed by atoms with Gasteiger partial charge in [-0.15, -0.1) is 0 Å². The molecule has 2 aromatic carbocycles. The molecular formula is C22H25N5O2. The van der Waals surface area contributed by atoms with Gasteiger partial charge < -0.3 is 16.0 Å². The third-order valence-corrected chi connectivity index (χ3v) is 4.44. The van der Waals surface area contributed by atoms with Crippen molar-refractivity contribution in [1.29, 1.82) is 0 Å². The van der Waals surface area contributed by atoms with E-state index in [1.54, 1.807) is 0 Å². The summed E-state index contributed by atoms with van der Waals surface area (Å²) in [6.45, 7) is 7.26. The second-order valence-corrected chi connectivity index (χ2v) is 6.98. The van der Waals surface area contributed by atoms with Gasteiger partial charge >= 0.3 is 6.03 Å². The van der Waals surface area contributed by atoms with E-state index in [9.17, 15) is 9.59 Å². The number of urea groups is 1. The Hall–Kier alpha value is -3.61. The van der Waals surface area contributed by atoms with Crippen molar-refractivity contribution >= 4 is 23.3 Å². The number of anilines is 2. The number of amides is 3. The summed E-state index contributed by atoms with van der Waals surface area (Å²) in [5.74, 6) is -0.138. The Morgan fingerprint density at radius 1 is 1.00 bits per heavy atom. The van der Waals surface area contributed by atoms with Crippen LogP contribution >= 0.6 is 0 Å². The largest absolute Gasteiger partial charge is 0.331 e. The molecule has 150 valence electrons. The zero-order valence-electron chi connectivity index (χ0n) is 17.0. The predicted molar refractivity (Wildman–Crippen MR) is 114 cm³/mol. The number of benzene rings is 2. The van der Waals surface area contributed by atoms with Crippen LogP contribution in [0.4, 0.5) is 16.2 Å². The Labute approximate surface area is 170 Å². The summed E-state index contributed by atoms with van der Waals surface area (Å²) in [6, 6.07) is 16.3. The van der Waals surface area contributed by atoms with Crippen LogP contribution in [0.25, 0.3) is 5.69 Å². The molecule has 1 unspecified atom stereocenters. The van der Waals surface area contributed by atoms with E-state index in [0.29, 0.717) is 11.4 Å². The highest BCUT2D eigenvalue weighted by Crippen LogP contribution is 2.22. The van der Waals surface area contributed by atoms with Crippen LogP contribution in [-0.2, 0) is 4.79 Å². The van der Waals surface area contributed by atoms with E-state index in [4.69, 9.17) is 0 Å². The highest BCUT2D eigenvalue weighted by molar-refractivity contribution is 5.92. The van der Waals surface area contributed by atoms with Gasteiger partial charge in [-0.25, -0.2) is 9.48 Å². The number of nitrogens with zero attached hydrogens (tertiary/aromatic N) is 2. The van der Waals surface area contributed by atoms with Gasteiger partial charge in [0, 0.05) is 18.3 Å². The molecule has 0 bridgehead atoms. The number of aromatic nitrogens is 2. The van der Waals surface area contributed by atoms with E-state index in [1.165, 1.54) is 6.92 Å². The van der Waals surface area contributed by atoms with Crippen molar-refractivity contribution in [3.8, 4) is 5.69 Å². The van der Waals surface area contributed by atoms with Gasteiger partial charge in [-0.1, -0.05) is 24.3 Å². The first-order chi connectivity index (χ1) is 13.8. The minimum Gasteiger partial charge on any atom is -0.331 e. The molecule has 3 amide bonds. The van der Waals surface area contributed by atoms with E-state index >= 15 is 0 Å². The number of hydrogen-bond donors (Lipinski definition) is 3. The molecule has 0 aliphatic rings. The molecule has 0 spiro atoms. The lowest BCUT2D eigenvalue weighted by atomic mass is 10.1. The fraction of sp³-hybridized carbons (Fsp3) is 0.227. The van der Waals surface area contributed by atoms with Crippen LogP contribution in [0, 0.1) is 13.8 Å². The summed E-state index contributed by atoms with van der Waals surface area (Å²) in [5.41, 5.74) is 4.94. The highest BCUT2D eigenvalue weighted by atomic mass is 16.2. The topological polar surface area (TPSA) is 88.0 Å². The van der Waals surface area contributed by atoms with Crippen molar-refractivity contribution in [2.45, 2.75) is 33.7 Å². The first-order valence-electron chi connectivity index (χ1n) is 9.41. The molecule has 3 aromatic rings. The van der Waals surface area contributed by atoms with Crippen LogP contribution in [-0.4, -0.2) is 21.7 Å². The van der Waals surface area contributed by atoms with Gasteiger partial charge in [0.2, 0.25) is 5.91 Å². The summed E-state index contributed by atoms with van der Waals surface area (Å²) >= 11 is 0. The van der Waals surface area contributed by atoms with E-state index < -0.39 is 0 Å². The number of aryl methyl sites for hydroxylation is 2. The minimum atomic E-state index is -0.323. The van der Waals surface area contributed by atoms with E-state index in [-0.39, 0.29) is 18.0 Å². The summed E-state index contributed by atoms with van der Waals surface area (Å²) < 4.78 is 1.81. The summed E-state index contributed by atoms with van der Waals surface area (Å²) in [7, 11) is 0. The lowest BCUT2D eigenvalue weighted by Crippen LogP contribution is -2.31. The van der Waals surface area contributed by atoms with Gasteiger partial charge in [0.1, 0.15) is 0 Å². The second kappa shape index (κ2) is 8.60. The van der Waals surface area contributed by atoms with Gasteiger partial charge in [0.25, 0.3) is 0 Å². The molecule has 0 saturated carbocycles. The first-order valence-corrected chi connectivity index (χ1v) is 9.41. The lowest BCUT2D eigenvalue weighted by Gasteiger charge is -2.17. The smallest absolute Gasteiger partial charge is 0.319 e. The summed E-state index contributed by atoms with van der Waals surface area (Å²) in [4.78, 5) is 23.9. The van der Waals surface area contributed by atoms with Crippen LogP contribution in [0.2, 0.25) is 0 Å². The molecule has 29 heavy (non-hydrogen) atoms. The number of carbonyl (C=O) groups excluding carboxylic acids is 2. The monoisotopic (exact) mass is 391 g/mol. The quantitative estimate of drug-likeness (QED) is 0.605. The van der Waals surface area contributed by atoms with Crippen LogP contribution in [0.5, 0.6) is 0 Å². The summed E-state index contributed by atoms with van der Waals surface area (Å²) in [5, 5.41) is 13.1. The van der Waals surface area contributed by atoms with Gasteiger partial charge in [-0.3, -0.25) is 4.79 Å². The summed E-state index contributed by atoms with van der Waals surface area (Å²) in [6.07, 6.45) is 0. The number of para-hydroxylation sites is 2. The number of nitrogens with one attached hydrogen (secondary N) is 3. The van der Waals surface area contributed by atoms with Crippen molar-refractivity contribution in [1.82, 2.24) is 15.1 Å². The second-order valence-electron chi connectivity index (χ2n) is 6.98. The van der Waals surface area contributed by atoms with E-state index in [2.05, 4.69) is 21.0 Å². The van der Waals surface area contributed by atoms with Crippen molar-refractivity contribution in [3.63, 3.8) is 0 Å². The molecule has 7 heteroatoms. The molecule has 0 aliphatic carbocycles. The predicted octanol–water partition coefficient (Wildman–Crippen LogP) is 4.33. The van der Waals surface area contributed by atoms with Crippen molar-refractivity contribution in [2.75, 3.05) is 10.6 Å². The van der Waals surface area contributed by atoms with Crippen LogP contribution in [0.1, 0.15) is 36.8 Å². The van der Waals surface area contributed by atoms with Gasteiger partial charge in [0.15, 0.2) is 0 Å². The first kappa shape index (κ1) is 20.1. The Balaban J connectivity index is 1.73. The number of rotatable bonds is 5. The molecule has 1 aromatic heterocycles. The van der Waals surface area contributed by atoms with Crippen molar-refractivity contribution in [3.05, 3.63) is 71.5 Å². The maximum atomic E-state index is 12.6. The fourth-order valence-electron chi connectivity index (χ4n) is 3.16. The van der Waals surface area contributed by atoms with Crippen molar-refractivity contribution in [2.24, 2.45) is 0 Å². The average molecular weight is 391 g/mol. The molecule has 0 radical (unpaired) electrons. The Morgan fingerprint density at radius 3 is 2.45 bits per heavy atom. The Kier molecular flexibility index (Phi) is 5.97. The third-order valence-electron chi connectivity index (χ3n) is 4.44. The molecule has 0 fully saturated rings. The van der Waals surface area contributed by atoms with E-state index in [1.807, 2.05) is 80.1 Å². The standard InChI is InChI=1S/C22H25N5O2/c1-14-12-15(2)27(26-14)21-11-6-5-10-20(21)25-22(29)23-16(3)18-8-7-9-19(13-18)24-17(4)28/h5-13,16H,1-4H3,(H,24,28)(H2,23,25,29). The zero-order valence-corrected chi connectivity index (χ0v) is 17.0. The molecule has 0 saturated heterocycles. The highest BCUT2D eigenvalue weighted by Gasteiger charge is 2.14. The molecule has 0 aliphatic heterocycles. The maximum absolute atomic E-state index is 12.6.